The molecule has 2 aromatic rings. The monoisotopic (exact) mass is 479 g/mol. The van der Waals surface area contributed by atoms with Crippen LogP contribution in [0.2, 0.25) is 0 Å². The zero-order chi connectivity index (χ0) is 24.8. The van der Waals surface area contributed by atoms with E-state index >= 15 is 0 Å². The molecule has 184 valence electrons. The molecule has 0 bridgehead atoms. The number of nitrogens with one attached hydrogen (secondary N) is 1. The number of pyridine rings is 1. The second-order valence-corrected chi connectivity index (χ2v) is 9.15. The van der Waals surface area contributed by atoms with Gasteiger partial charge in [-0.05, 0) is 57.1 Å². The summed E-state index contributed by atoms with van der Waals surface area (Å²) in [6.45, 7) is 6.82. The molecule has 0 atom stereocenters. The Balaban J connectivity index is 1.97. The van der Waals surface area contributed by atoms with Crippen molar-refractivity contribution < 1.29 is 27.5 Å². The van der Waals surface area contributed by atoms with Crippen LogP contribution in [-0.4, -0.2) is 42.3 Å². The average molecular weight is 479 g/mol. The van der Waals surface area contributed by atoms with Crippen LogP contribution in [0.1, 0.15) is 61.5 Å². The van der Waals surface area contributed by atoms with Gasteiger partial charge in [0.2, 0.25) is 5.43 Å². The number of amides is 1. The molecule has 0 spiro atoms. The summed E-state index contributed by atoms with van der Waals surface area (Å²) >= 11 is 0. The minimum Gasteiger partial charge on any atom is -0.462 e. The smallest absolute Gasteiger partial charge is 0.462 e. The van der Waals surface area contributed by atoms with Crippen LogP contribution in [0.4, 0.5) is 24.5 Å². The summed E-state index contributed by atoms with van der Waals surface area (Å²) in [6, 6.07) is 1.36. The van der Waals surface area contributed by atoms with E-state index in [0.29, 0.717) is 35.8 Å². The van der Waals surface area contributed by atoms with Gasteiger partial charge in [0.15, 0.2) is 0 Å². The van der Waals surface area contributed by atoms with Crippen LogP contribution in [0.15, 0.2) is 17.1 Å². The predicted octanol–water partition coefficient (Wildman–Crippen LogP) is 4.56. The Morgan fingerprint density at radius 3 is 2.38 bits per heavy atom. The molecular formula is C24H28F3N3O4. The van der Waals surface area contributed by atoms with Crippen molar-refractivity contribution in [3.8, 4) is 0 Å². The Labute approximate surface area is 194 Å². The van der Waals surface area contributed by atoms with Gasteiger partial charge < -0.3 is 19.5 Å². The lowest BCUT2D eigenvalue weighted by Crippen LogP contribution is -2.36. The number of alkyl halides is 3. The number of aryl methyl sites for hydroxylation is 1. The normalized spacial score (nSPS) is 17.2. The van der Waals surface area contributed by atoms with E-state index in [1.54, 1.807) is 13.8 Å². The molecular weight excluding hydrogens is 451 g/mol. The first-order valence-corrected chi connectivity index (χ1v) is 11.6. The summed E-state index contributed by atoms with van der Waals surface area (Å²) in [4.78, 5) is 39.6. The second kappa shape index (κ2) is 8.96. The third-order valence-electron chi connectivity index (χ3n) is 6.57. The largest absolute Gasteiger partial charge is 0.471 e. The summed E-state index contributed by atoms with van der Waals surface area (Å²) in [7, 11) is 0. The van der Waals surface area contributed by atoms with Gasteiger partial charge in [-0.25, -0.2) is 4.79 Å². The minimum atomic E-state index is -5.09. The number of piperidine rings is 1. The Hall–Kier alpha value is -3.04. The first-order chi connectivity index (χ1) is 16.0. The highest BCUT2D eigenvalue weighted by Gasteiger charge is 2.40. The number of carbonyl (C=O) groups is 2. The van der Waals surface area contributed by atoms with Gasteiger partial charge in [-0.3, -0.25) is 9.59 Å². The third kappa shape index (κ3) is 4.50. The number of rotatable bonds is 5. The van der Waals surface area contributed by atoms with Crippen molar-refractivity contribution in [3.05, 3.63) is 33.6 Å². The molecule has 1 aliphatic carbocycles. The van der Waals surface area contributed by atoms with Crippen molar-refractivity contribution in [2.75, 3.05) is 29.9 Å². The van der Waals surface area contributed by atoms with Crippen molar-refractivity contribution in [2.45, 2.75) is 58.7 Å². The fourth-order valence-electron chi connectivity index (χ4n) is 4.63. The first kappa shape index (κ1) is 24.1. The maximum atomic E-state index is 13.3. The van der Waals surface area contributed by atoms with Crippen molar-refractivity contribution in [1.29, 1.82) is 0 Å². The van der Waals surface area contributed by atoms with Crippen LogP contribution in [0.25, 0.3) is 10.9 Å². The standard InChI is InChI=1S/C24H28F3N3O4/c1-4-34-22(32)17-12-30(15-5-6-15)19-14(3)20(29-9-7-13(2)8-10-29)18(11-16(19)21(17)31)28-23(33)24(25,26)27/h11-13,15H,4-10H2,1-3H3,(H,28,33). The summed E-state index contributed by atoms with van der Waals surface area (Å²) in [5.74, 6) is -2.40. The fraction of sp³-hybridized carbons (Fsp3) is 0.542. The number of aromatic nitrogens is 1. The van der Waals surface area contributed by atoms with Crippen LogP contribution in [0.5, 0.6) is 0 Å². The van der Waals surface area contributed by atoms with Gasteiger partial charge in [-0.1, -0.05) is 6.92 Å². The highest BCUT2D eigenvalue weighted by molar-refractivity contribution is 6.04. The van der Waals surface area contributed by atoms with Crippen LogP contribution in [0.3, 0.4) is 0 Å². The summed E-state index contributed by atoms with van der Waals surface area (Å²) in [6.07, 6.45) is -0.130. The molecule has 1 N–H and O–H groups in total. The van der Waals surface area contributed by atoms with Crippen molar-refractivity contribution in [2.24, 2.45) is 5.92 Å². The molecule has 2 aliphatic rings. The number of benzene rings is 1. The molecule has 1 saturated heterocycles. The maximum absolute atomic E-state index is 13.3. The maximum Gasteiger partial charge on any atom is 0.471 e. The molecule has 2 fully saturated rings. The van der Waals surface area contributed by atoms with E-state index in [1.807, 2.05) is 14.8 Å². The van der Waals surface area contributed by atoms with E-state index in [-0.39, 0.29) is 29.3 Å². The molecule has 34 heavy (non-hydrogen) atoms. The molecule has 4 rings (SSSR count). The van der Waals surface area contributed by atoms with Gasteiger partial charge >= 0.3 is 18.1 Å². The van der Waals surface area contributed by atoms with Crippen molar-refractivity contribution in [1.82, 2.24) is 4.57 Å². The quantitative estimate of drug-likeness (QED) is 0.636. The third-order valence-corrected chi connectivity index (χ3v) is 6.57. The Morgan fingerprint density at radius 2 is 1.82 bits per heavy atom. The van der Waals surface area contributed by atoms with Gasteiger partial charge in [-0.15, -0.1) is 0 Å². The highest BCUT2D eigenvalue weighted by Crippen LogP contribution is 2.42. The molecule has 1 aromatic heterocycles. The summed E-state index contributed by atoms with van der Waals surface area (Å²) < 4.78 is 46.3. The van der Waals surface area contributed by atoms with Gasteiger partial charge in [-0.2, -0.15) is 13.2 Å². The van der Waals surface area contributed by atoms with Gasteiger partial charge in [0, 0.05) is 30.7 Å². The predicted molar refractivity (Wildman–Crippen MR) is 122 cm³/mol. The molecule has 7 nitrogen and oxygen atoms in total. The molecule has 1 saturated carbocycles. The van der Waals surface area contributed by atoms with Crippen LogP contribution < -0.4 is 15.6 Å². The first-order valence-electron chi connectivity index (χ1n) is 11.6. The lowest BCUT2D eigenvalue weighted by molar-refractivity contribution is -0.167. The highest BCUT2D eigenvalue weighted by atomic mass is 19.4. The van der Waals surface area contributed by atoms with Crippen molar-refractivity contribution >= 4 is 34.2 Å². The number of halogens is 3. The van der Waals surface area contributed by atoms with E-state index in [1.165, 1.54) is 12.3 Å². The molecule has 10 heteroatoms. The van der Waals surface area contributed by atoms with Crippen LogP contribution in [-0.2, 0) is 9.53 Å². The summed E-state index contributed by atoms with van der Waals surface area (Å²) in [5, 5.41) is 2.07. The number of hydrogen-bond acceptors (Lipinski definition) is 5. The summed E-state index contributed by atoms with van der Waals surface area (Å²) in [5.41, 5.74) is 0.767. The Morgan fingerprint density at radius 1 is 1.18 bits per heavy atom. The Kier molecular flexibility index (Phi) is 6.35. The number of hydrogen-bond donors (Lipinski definition) is 1. The van der Waals surface area contributed by atoms with Gasteiger partial charge in [0.25, 0.3) is 0 Å². The average Bonchev–Trinajstić information content (AvgIpc) is 3.60. The molecule has 1 aromatic carbocycles. The van der Waals surface area contributed by atoms with Crippen molar-refractivity contribution in [3.63, 3.8) is 0 Å². The number of nitrogens with zero attached hydrogens (tertiary/aromatic N) is 2. The SMILES string of the molecule is CCOC(=O)c1cn(C2CC2)c2c(C)c(N3CCC(C)CC3)c(NC(=O)C(F)(F)F)cc2c1=O. The minimum absolute atomic E-state index is 0.0812. The fourth-order valence-corrected chi connectivity index (χ4v) is 4.63. The Bertz CT molecular complexity index is 1190. The zero-order valence-electron chi connectivity index (χ0n) is 19.4. The molecule has 2 heterocycles. The van der Waals surface area contributed by atoms with Gasteiger partial charge in [0.05, 0.1) is 23.5 Å². The lowest BCUT2D eigenvalue weighted by Gasteiger charge is -2.35. The molecule has 0 radical (unpaired) electrons. The number of fused-ring (bicyclic) bond motifs is 1. The number of anilines is 2. The van der Waals surface area contributed by atoms with Gasteiger partial charge in [0.1, 0.15) is 5.56 Å². The lowest BCUT2D eigenvalue weighted by atomic mass is 9.96. The van der Waals surface area contributed by atoms with E-state index in [9.17, 15) is 27.6 Å². The van der Waals surface area contributed by atoms with E-state index in [0.717, 1.165) is 25.7 Å². The molecule has 0 unspecified atom stereocenters. The zero-order valence-corrected chi connectivity index (χ0v) is 19.4. The molecule has 1 amide bonds. The van der Waals surface area contributed by atoms with E-state index in [4.69, 9.17) is 4.74 Å². The van der Waals surface area contributed by atoms with Crippen LogP contribution >= 0.6 is 0 Å². The second-order valence-electron chi connectivity index (χ2n) is 9.15. The van der Waals surface area contributed by atoms with Crippen LogP contribution in [0, 0.1) is 12.8 Å². The van der Waals surface area contributed by atoms with E-state index < -0.39 is 23.5 Å². The molecule has 1 aliphatic heterocycles. The number of ether oxygens (including phenoxy) is 1. The number of carbonyl (C=O) groups excluding carboxylic acids is 2. The topological polar surface area (TPSA) is 80.6 Å². The van der Waals surface area contributed by atoms with E-state index in [2.05, 4.69) is 6.92 Å². The number of esters is 1.